The fourth-order valence-corrected chi connectivity index (χ4v) is 1.03. The number of alkyl halides is 1. The van der Waals surface area contributed by atoms with Crippen LogP contribution in [0.25, 0.3) is 0 Å². The van der Waals surface area contributed by atoms with E-state index in [2.05, 4.69) is 12.2 Å². The molecule has 0 fully saturated rings. The first-order chi connectivity index (χ1) is 4.72. The highest BCUT2D eigenvalue weighted by Gasteiger charge is 2.13. The lowest BCUT2D eigenvalue weighted by Gasteiger charge is -2.14. The largest absolute Gasteiger partial charge is 0.317 e. The summed E-state index contributed by atoms with van der Waals surface area (Å²) in [5.41, 5.74) is 0. The Bertz CT molecular complexity index is 65.7. The van der Waals surface area contributed by atoms with Crippen LogP contribution in [0.5, 0.6) is 0 Å². The predicted molar refractivity (Wildman–Crippen MR) is 42.9 cm³/mol. The van der Waals surface area contributed by atoms with Gasteiger partial charge < -0.3 is 5.32 Å². The number of hydrogen-bond donors (Lipinski definition) is 1. The van der Waals surface area contributed by atoms with E-state index >= 15 is 0 Å². The highest BCUT2D eigenvalue weighted by Crippen LogP contribution is 2.12. The van der Waals surface area contributed by atoms with Crippen molar-refractivity contribution in [2.75, 3.05) is 13.6 Å². The van der Waals surface area contributed by atoms with Crippen molar-refractivity contribution in [1.82, 2.24) is 5.32 Å². The molecule has 0 aliphatic heterocycles. The number of rotatable bonds is 5. The summed E-state index contributed by atoms with van der Waals surface area (Å²) in [6, 6.07) is 0. The molecule has 62 valence electrons. The molecule has 10 heavy (non-hydrogen) atoms. The molecule has 0 spiro atoms. The van der Waals surface area contributed by atoms with Crippen molar-refractivity contribution in [1.29, 1.82) is 0 Å². The molecule has 0 saturated heterocycles. The molecule has 2 unspecified atom stereocenters. The maximum absolute atomic E-state index is 12.9. The van der Waals surface area contributed by atoms with Crippen LogP contribution in [0.3, 0.4) is 0 Å². The van der Waals surface area contributed by atoms with Crippen molar-refractivity contribution >= 4 is 0 Å². The smallest absolute Gasteiger partial charge is 0.115 e. The number of nitrogens with one attached hydrogen (secondary N) is 1. The molecule has 1 N–H and O–H groups in total. The minimum atomic E-state index is -0.676. The summed E-state index contributed by atoms with van der Waals surface area (Å²) < 4.78 is 12.9. The quantitative estimate of drug-likeness (QED) is 0.627. The van der Waals surface area contributed by atoms with Crippen LogP contribution in [-0.2, 0) is 0 Å². The van der Waals surface area contributed by atoms with Gasteiger partial charge in [-0.1, -0.05) is 20.3 Å². The second kappa shape index (κ2) is 5.66. The molecule has 0 amide bonds. The molecule has 0 radical (unpaired) electrons. The Morgan fingerprint density at radius 3 is 2.50 bits per heavy atom. The molecule has 0 rings (SSSR count). The highest BCUT2D eigenvalue weighted by atomic mass is 19.1. The van der Waals surface area contributed by atoms with Crippen molar-refractivity contribution < 1.29 is 4.39 Å². The first-order valence-electron chi connectivity index (χ1n) is 4.01. The Hall–Kier alpha value is -0.110. The fourth-order valence-electron chi connectivity index (χ4n) is 1.03. The average Bonchev–Trinajstić information content (AvgIpc) is 1.89. The van der Waals surface area contributed by atoms with E-state index in [-0.39, 0.29) is 5.92 Å². The van der Waals surface area contributed by atoms with Crippen molar-refractivity contribution in [3.8, 4) is 0 Å². The van der Waals surface area contributed by atoms with E-state index in [1.165, 1.54) is 0 Å². The third-order valence-electron chi connectivity index (χ3n) is 1.76. The Morgan fingerprint density at radius 2 is 2.10 bits per heavy atom. The maximum atomic E-state index is 12.9. The lowest BCUT2D eigenvalue weighted by molar-refractivity contribution is 0.227. The molecule has 0 aromatic carbocycles. The van der Waals surface area contributed by atoms with E-state index in [0.717, 1.165) is 12.8 Å². The van der Waals surface area contributed by atoms with Gasteiger partial charge in [0.1, 0.15) is 6.17 Å². The SMILES string of the molecule is CCCC(C)C(F)CNC. The van der Waals surface area contributed by atoms with Gasteiger partial charge in [0.05, 0.1) is 0 Å². The monoisotopic (exact) mass is 147 g/mol. The summed E-state index contributed by atoms with van der Waals surface area (Å²) >= 11 is 0. The second-order valence-electron chi connectivity index (χ2n) is 2.84. The topological polar surface area (TPSA) is 12.0 Å². The zero-order valence-electron chi connectivity index (χ0n) is 7.15. The summed E-state index contributed by atoms with van der Waals surface area (Å²) in [6.45, 7) is 4.54. The van der Waals surface area contributed by atoms with Gasteiger partial charge in [0.25, 0.3) is 0 Å². The molecule has 0 saturated carbocycles. The van der Waals surface area contributed by atoms with Gasteiger partial charge in [0, 0.05) is 6.54 Å². The van der Waals surface area contributed by atoms with Crippen LogP contribution in [0.15, 0.2) is 0 Å². The van der Waals surface area contributed by atoms with Crippen molar-refractivity contribution in [3.63, 3.8) is 0 Å². The molecule has 1 nitrogen and oxygen atoms in total. The van der Waals surface area contributed by atoms with Crippen LogP contribution < -0.4 is 5.32 Å². The van der Waals surface area contributed by atoms with Crippen LogP contribution in [0.4, 0.5) is 4.39 Å². The summed E-state index contributed by atoms with van der Waals surface area (Å²) in [5, 5.41) is 2.83. The van der Waals surface area contributed by atoms with Gasteiger partial charge in [-0.15, -0.1) is 0 Å². The van der Waals surface area contributed by atoms with Crippen LogP contribution in [0, 0.1) is 5.92 Å². The molecule has 0 aliphatic rings. The lowest BCUT2D eigenvalue weighted by atomic mass is 10.0. The van der Waals surface area contributed by atoms with Gasteiger partial charge in [0.2, 0.25) is 0 Å². The van der Waals surface area contributed by atoms with Gasteiger partial charge in [-0.25, -0.2) is 4.39 Å². The minimum absolute atomic E-state index is 0.206. The van der Waals surface area contributed by atoms with E-state index in [4.69, 9.17) is 0 Å². The van der Waals surface area contributed by atoms with E-state index < -0.39 is 6.17 Å². The van der Waals surface area contributed by atoms with Gasteiger partial charge in [-0.05, 0) is 19.4 Å². The zero-order valence-corrected chi connectivity index (χ0v) is 7.15. The van der Waals surface area contributed by atoms with Gasteiger partial charge in [-0.2, -0.15) is 0 Å². The Balaban J connectivity index is 3.38. The summed E-state index contributed by atoms with van der Waals surface area (Å²) in [5.74, 6) is 0.206. The molecule has 2 heteroatoms. The zero-order chi connectivity index (χ0) is 7.98. The third kappa shape index (κ3) is 3.83. The summed E-state index contributed by atoms with van der Waals surface area (Å²) in [6.07, 6.45) is 1.39. The van der Waals surface area contributed by atoms with Gasteiger partial charge >= 0.3 is 0 Å². The standard InChI is InChI=1S/C8H18FN/c1-4-5-7(2)8(9)6-10-3/h7-8,10H,4-6H2,1-3H3. The molecular formula is C8H18FN. The van der Waals surface area contributed by atoms with Crippen LogP contribution in [-0.4, -0.2) is 19.8 Å². The van der Waals surface area contributed by atoms with Crippen molar-refractivity contribution in [3.05, 3.63) is 0 Å². The first kappa shape index (κ1) is 9.89. The number of hydrogen-bond acceptors (Lipinski definition) is 1. The summed E-state index contributed by atoms with van der Waals surface area (Å²) in [4.78, 5) is 0. The second-order valence-corrected chi connectivity index (χ2v) is 2.84. The fraction of sp³-hybridized carbons (Fsp3) is 1.00. The lowest BCUT2D eigenvalue weighted by Crippen LogP contribution is -2.25. The Morgan fingerprint density at radius 1 is 1.50 bits per heavy atom. The molecule has 0 aliphatic carbocycles. The van der Waals surface area contributed by atoms with E-state index in [0.29, 0.717) is 6.54 Å². The van der Waals surface area contributed by atoms with Gasteiger partial charge in [0.15, 0.2) is 0 Å². The molecule has 0 heterocycles. The van der Waals surface area contributed by atoms with E-state index in [1.807, 2.05) is 6.92 Å². The van der Waals surface area contributed by atoms with Crippen LogP contribution in [0.1, 0.15) is 26.7 Å². The highest BCUT2D eigenvalue weighted by molar-refractivity contribution is 4.65. The van der Waals surface area contributed by atoms with Crippen molar-refractivity contribution in [2.24, 2.45) is 5.92 Å². The van der Waals surface area contributed by atoms with Crippen molar-refractivity contribution in [2.45, 2.75) is 32.9 Å². The predicted octanol–water partition coefficient (Wildman–Crippen LogP) is 1.98. The van der Waals surface area contributed by atoms with E-state index in [9.17, 15) is 4.39 Å². The molecule has 0 bridgehead atoms. The molecular weight excluding hydrogens is 129 g/mol. The third-order valence-corrected chi connectivity index (χ3v) is 1.76. The number of halogens is 1. The van der Waals surface area contributed by atoms with Gasteiger partial charge in [-0.3, -0.25) is 0 Å². The molecule has 0 aromatic heterocycles. The normalized spacial score (nSPS) is 16.8. The van der Waals surface area contributed by atoms with E-state index in [1.54, 1.807) is 7.05 Å². The molecule has 0 aromatic rings. The summed E-state index contributed by atoms with van der Waals surface area (Å²) in [7, 11) is 1.78. The Kier molecular flexibility index (Phi) is 5.60. The van der Waals surface area contributed by atoms with Crippen LogP contribution in [0.2, 0.25) is 0 Å². The minimum Gasteiger partial charge on any atom is -0.317 e. The Labute approximate surface area is 63.0 Å². The maximum Gasteiger partial charge on any atom is 0.115 e. The van der Waals surface area contributed by atoms with Crippen LogP contribution >= 0.6 is 0 Å². The molecule has 2 atom stereocenters. The first-order valence-corrected chi connectivity index (χ1v) is 4.01. The average molecular weight is 147 g/mol.